The van der Waals surface area contributed by atoms with Gasteiger partial charge in [-0.05, 0) is 38.5 Å². The maximum atomic E-state index is 9.27. The van der Waals surface area contributed by atoms with Gasteiger partial charge in [-0.15, -0.1) is 6.58 Å². The van der Waals surface area contributed by atoms with Crippen LogP contribution in [0.5, 0.6) is 0 Å². The topological polar surface area (TPSA) is 20.2 Å². The zero-order chi connectivity index (χ0) is 9.90. The quantitative estimate of drug-likeness (QED) is 0.662. The van der Waals surface area contributed by atoms with Crippen molar-refractivity contribution in [2.45, 2.75) is 32.6 Å². The summed E-state index contributed by atoms with van der Waals surface area (Å²) in [4.78, 5) is 0. The van der Waals surface area contributed by atoms with Crippen LogP contribution >= 0.6 is 0 Å². The molecule has 0 amide bonds. The maximum Gasteiger partial charge on any atom is 0.0521 e. The predicted molar refractivity (Wildman–Crippen MR) is 56.5 cm³/mol. The minimum absolute atomic E-state index is 0.00590. The fourth-order valence-electron chi connectivity index (χ4n) is 2.11. The molecule has 74 valence electrons. The molecule has 0 saturated heterocycles. The molecular formula is C12H20O. The Kier molecular flexibility index (Phi) is 3.32. The van der Waals surface area contributed by atoms with Crippen molar-refractivity contribution in [1.29, 1.82) is 0 Å². The molecule has 0 aromatic heterocycles. The van der Waals surface area contributed by atoms with Gasteiger partial charge in [0.25, 0.3) is 0 Å². The molecule has 1 aliphatic rings. The normalized spacial score (nSPS) is 34.2. The molecule has 0 bridgehead atoms. The summed E-state index contributed by atoms with van der Waals surface area (Å²) < 4.78 is 0. The number of hydrogen-bond acceptors (Lipinski definition) is 1. The second-order valence-corrected chi connectivity index (χ2v) is 4.35. The van der Waals surface area contributed by atoms with E-state index in [2.05, 4.69) is 20.1 Å². The van der Waals surface area contributed by atoms with Crippen molar-refractivity contribution in [1.82, 2.24) is 0 Å². The van der Waals surface area contributed by atoms with E-state index in [4.69, 9.17) is 0 Å². The Morgan fingerprint density at radius 1 is 1.54 bits per heavy atom. The van der Waals surface area contributed by atoms with Crippen LogP contribution < -0.4 is 0 Å². The summed E-state index contributed by atoms with van der Waals surface area (Å²) in [5, 5.41) is 9.27. The van der Waals surface area contributed by atoms with Gasteiger partial charge < -0.3 is 5.11 Å². The first-order valence-corrected chi connectivity index (χ1v) is 5.03. The predicted octanol–water partition coefficient (Wildman–Crippen LogP) is 2.92. The summed E-state index contributed by atoms with van der Waals surface area (Å²) in [5.74, 6) is 0.666. The Bertz CT molecular complexity index is 197. The zero-order valence-corrected chi connectivity index (χ0v) is 8.55. The summed E-state index contributed by atoms with van der Waals surface area (Å²) in [6, 6.07) is 0. The van der Waals surface area contributed by atoms with Crippen molar-refractivity contribution >= 4 is 0 Å². The fourth-order valence-corrected chi connectivity index (χ4v) is 2.11. The van der Waals surface area contributed by atoms with Crippen molar-refractivity contribution in [2.75, 3.05) is 6.61 Å². The second kappa shape index (κ2) is 4.10. The number of aliphatic hydroxyl groups is 1. The average molecular weight is 180 g/mol. The third-order valence-corrected chi connectivity index (χ3v) is 3.43. The molecule has 0 heterocycles. The van der Waals surface area contributed by atoms with Crippen molar-refractivity contribution in [3.8, 4) is 0 Å². The molecule has 1 rings (SSSR count). The van der Waals surface area contributed by atoms with Crippen LogP contribution in [0.3, 0.4) is 0 Å². The Morgan fingerprint density at radius 2 is 2.08 bits per heavy atom. The van der Waals surface area contributed by atoms with Gasteiger partial charge in [-0.1, -0.05) is 18.2 Å². The molecule has 0 radical (unpaired) electrons. The van der Waals surface area contributed by atoms with E-state index in [1.54, 1.807) is 0 Å². The number of aliphatic hydroxyl groups excluding tert-OH is 1. The van der Waals surface area contributed by atoms with E-state index in [1.165, 1.54) is 5.57 Å². The van der Waals surface area contributed by atoms with Gasteiger partial charge in [0, 0.05) is 5.41 Å². The van der Waals surface area contributed by atoms with Crippen LogP contribution in [0.2, 0.25) is 0 Å². The zero-order valence-electron chi connectivity index (χ0n) is 8.55. The summed E-state index contributed by atoms with van der Waals surface area (Å²) >= 11 is 0. The lowest BCUT2D eigenvalue weighted by Crippen LogP contribution is -2.29. The van der Waals surface area contributed by atoms with Gasteiger partial charge in [-0.2, -0.15) is 0 Å². The maximum absolute atomic E-state index is 9.27. The highest BCUT2D eigenvalue weighted by Crippen LogP contribution is 2.41. The Hall–Kier alpha value is -0.560. The largest absolute Gasteiger partial charge is 0.395 e. The first kappa shape index (κ1) is 10.5. The second-order valence-electron chi connectivity index (χ2n) is 4.35. The van der Waals surface area contributed by atoms with E-state index in [0.29, 0.717) is 5.92 Å². The van der Waals surface area contributed by atoms with Crippen LogP contribution in [-0.4, -0.2) is 11.7 Å². The van der Waals surface area contributed by atoms with Gasteiger partial charge in [0.15, 0.2) is 0 Å². The van der Waals surface area contributed by atoms with E-state index in [0.717, 1.165) is 25.7 Å². The first-order valence-electron chi connectivity index (χ1n) is 5.03. The molecule has 13 heavy (non-hydrogen) atoms. The smallest absolute Gasteiger partial charge is 0.0521 e. The molecular weight excluding hydrogens is 160 g/mol. The highest BCUT2D eigenvalue weighted by Gasteiger charge is 2.31. The van der Waals surface area contributed by atoms with E-state index < -0.39 is 0 Å². The van der Waals surface area contributed by atoms with E-state index in [1.807, 2.05) is 6.08 Å². The van der Waals surface area contributed by atoms with Gasteiger partial charge in [-0.3, -0.25) is 0 Å². The van der Waals surface area contributed by atoms with Gasteiger partial charge in [0.2, 0.25) is 0 Å². The molecule has 1 saturated carbocycles. The van der Waals surface area contributed by atoms with Crippen LogP contribution in [0.1, 0.15) is 32.6 Å². The highest BCUT2D eigenvalue weighted by atomic mass is 16.3. The molecule has 0 unspecified atom stereocenters. The molecule has 1 fully saturated rings. The van der Waals surface area contributed by atoms with Crippen molar-refractivity contribution in [2.24, 2.45) is 11.3 Å². The summed E-state index contributed by atoms with van der Waals surface area (Å²) in [6.45, 7) is 10.2. The Morgan fingerprint density at radius 3 is 2.38 bits per heavy atom. The Labute approximate surface area is 81.2 Å². The van der Waals surface area contributed by atoms with Gasteiger partial charge >= 0.3 is 0 Å². The molecule has 1 aliphatic carbocycles. The van der Waals surface area contributed by atoms with Crippen LogP contribution in [0.4, 0.5) is 0 Å². The number of allylic oxidation sites excluding steroid dienone is 1. The molecule has 0 spiro atoms. The van der Waals surface area contributed by atoms with Gasteiger partial charge in [0.05, 0.1) is 6.61 Å². The number of hydrogen-bond donors (Lipinski definition) is 1. The third kappa shape index (κ3) is 2.22. The molecule has 0 atom stereocenters. The lowest BCUT2D eigenvalue weighted by molar-refractivity contribution is 0.114. The minimum Gasteiger partial charge on any atom is -0.395 e. The molecule has 0 aliphatic heterocycles. The van der Waals surface area contributed by atoms with Crippen LogP contribution in [-0.2, 0) is 0 Å². The van der Waals surface area contributed by atoms with Crippen molar-refractivity contribution in [3.05, 3.63) is 24.8 Å². The van der Waals surface area contributed by atoms with E-state index in [9.17, 15) is 5.11 Å². The summed E-state index contributed by atoms with van der Waals surface area (Å²) in [6.07, 6.45) is 6.36. The lowest BCUT2D eigenvalue weighted by atomic mass is 9.69. The molecule has 1 nitrogen and oxygen atoms in total. The third-order valence-electron chi connectivity index (χ3n) is 3.43. The van der Waals surface area contributed by atoms with E-state index >= 15 is 0 Å². The standard InChI is InChI=1S/C12H20O/c1-4-12(9-13)7-5-11(6-8-12)10(2)3/h4,11,13H,1-2,5-9H2,3H3/t11-,12+. The summed E-state index contributed by atoms with van der Waals surface area (Å²) in [5.41, 5.74) is 1.29. The van der Waals surface area contributed by atoms with Crippen LogP contribution in [0.25, 0.3) is 0 Å². The fraction of sp³-hybridized carbons (Fsp3) is 0.667. The van der Waals surface area contributed by atoms with Crippen LogP contribution in [0, 0.1) is 11.3 Å². The number of rotatable bonds is 3. The van der Waals surface area contributed by atoms with Gasteiger partial charge in [0.1, 0.15) is 0 Å². The lowest BCUT2D eigenvalue weighted by Gasteiger charge is -2.36. The minimum atomic E-state index is 0.00590. The molecule has 0 aromatic rings. The first-order chi connectivity index (χ1) is 6.13. The van der Waals surface area contributed by atoms with Crippen LogP contribution in [0.15, 0.2) is 24.8 Å². The average Bonchev–Trinajstić information content (AvgIpc) is 2.18. The Balaban J connectivity index is 2.55. The molecule has 1 N–H and O–H groups in total. The summed E-state index contributed by atoms with van der Waals surface area (Å²) in [7, 11) is 0. The molecule has 0 aromatic carbocycles. The SMILES string of the molecule is C=C[C@]1(CO)CC[C@@H](C(=C)C)CC1. The van der Waals surface area contributed by atoms with Gasteiger partial charge in [-0.25, -0.2) is 0 Å². The van der Waals surface area contributed by atoms with Crippen molar-refractivity contribution in [3.63, 3.8) is 0 Å². The van der Waals surface area contributed by atoms with E-state index in [-0.39, 0.29) is 12.0 Å². The monoisotopic (exact) mass is 180 g/mol. The highest BCUT2D eigenvalue weighted by molar-refractivity contribution is 5.04. The molecule has 1 heteroatoms. The van der Waals surface area contributed by atoms with Crippen molar-refractivity contribution < 1.29 is 5.11 Å².